The fourth-order valence-electron chi connectivity index (χ4n) is 1.52. The SMILES string of the molecule is CCOC(=O)C(N)C(=O)N1CCNC(=O)CC1. The van der Waals surface area contributed by atoms with Crippen molar-refractivity contribution in [1.29, 1.82) is 0 Å². The summed E-state index contributed by atoms with van der Waals surface area (Å²) in [6, 6.07) is -1.30. The Balaban J connectivity index is 2.56. The third-order valence-corrected chi connectivity index (χ3v) is 2.43. The molecule has 1 fully saturated rings. The van der Waals surface area contributed by atoms with E-state index in [2.05, 4.69) is 10.1 Å². The monoisotopic (exact) mass is 243 g/mol. The first-order valence-electron chi connectivity index (χ1n) is 5.54. The maximum atomic E-state index is 11.8. The quantitative estimate of drug-likeness (QED) is 0.451. The van der Waals surface area contributed by atoms with Gasteiger partial charge < -0.3 is 20.7 Å². The summed E-state index contributed by atoms with van der Waals surface area (Å²) in [4.78, 5) is 35.6. The second-order valence-electron chi connectivity index (χ2n) is 3.65. The molecule has 0 bridgehead atoms. The van der Waals surface area contributed by atoms with Crippen LogP contribution >= 0.6 is 0 Å². The Kier molecular flexibility index (Phi) is 4.89. The fourth-order valence-corrected chi connectivity index (χ4v) is 1.52. The predicted molar refractivity (Wildman–Crippen MR) is 58.8 cm³/mol. The lowest BCUT2D eigenvalue weighted by atomic mass is 10.2. The predicted octanol–water partition coefficient (Wildman–Crippen LogP) is -1.77. The third kappa shape index (κ3) is 3.70. The minimum Gasteiger partial charge on any atom is -0.464 e. The van der Waals surface area contributed by atoms with Crippen LogP contribution in [0.3, 0.4) is 0 Å². The Hall–Kier alpha value is -1.63. The van der Waals surface area contributed by atoms with E-state index in [4.69, 9.17) is 5.73 Å². The molecule has 0 aromatic rings. The normalized spacial score (nSPS) is 18.0. The molecule has 0 aliphatic carbocycles. The first-order valence-corrected chi connectivity index (χ1v) is 5.54. The van der Waals surface area contributed by atoms with Crippen molar-refractivity contribution in [3.8, 4) is 0 Å². The van der Waals surface area contributed by atoms with E-state index in [9.17, 15) is 14.4 Å². The summed E-state index contributed by atoms with van der Waals surface area (Å²) in [5, 5.41) is 2.63. The number of ether oxygens (including phenoxy) is 1. The van der Waals surface area contributed by atoms with Gasteiger partial charge in [0.05, 0.1) is 6.61 Å². The molecule has 96 valence electrons. The van der Waals surface area contributed by atoms with Gasteiger partial charge in [-0.15, -0.1) is 0 Å². The molecule has 1 aliphatic rings. The fraction of sp³-hybridized carbons (Fsp3) is 0.700. The van der Waals surface area contributed by atoms with Crippen LogP contribution in [0.2, 0.25) is 0 Å². The molecule has 1 atom stereocenters. The average molecular weight is 243 g/mol. The van der Waals surface area contributed by atoms with Crippen molar-refractivity contribution in [2.24, 2.45) is 5.73 Å². The Morgan fingerprint density at radius 1 is 1.53 bits per heavy atom. The van der Waals surface area contributed by atoms with E-state index in [1.165, 1.54) is 4.90 Å². The van der Waals surface area contributed by atoms with Crippen molar-refractivity contribution >= 4 is 17.8 Å². The summed E-state index contributed by atoms with van der Waals surface area (Å²) < 4.78 is 4.67. The number of amides is 2. The number of hydrogen-bond donors (Lipinski definition) is 2. The van der Waals surface area contributed by atoms with Gasteiger partial charge in [-0.2, -0.15) is 0 Å². The van der Waals surface area contributed by atoms with E-state index >= 15 is 0 Å². The first-order chi connectivity index (χ1) is 8.06. The molecular weight excluding hydrogens is 226 g/mol. The Bertz CT molecular complexity index is 319. The van der Waals surface area contributed by atoms with Gasteiger partial charge in [-0.25, -0.2) is 4.79 Å². The van der Waals surface area contributed by atoms with Crippen molar-refractivity contribution in [3.63, 3.8) is 0 Å². The van der Waals surface area contributed by atoms with E-state index in [1.54, 1.807) is 6.92 Å². The van der Waals surface area contributed by atoms with Crippen LogP contribution in [0.5, 0.6) is 0 Å². The van der Waals surface area contributed by atoms with Gasteiger partial charge in [-0.1, -0.05) is 0 Å². The highest BCUT2D eigenvalue weighted by Gasteiger charge is 2.29. The summed E-state index contributed by atoms with van der Waals surface area (Å²) in [5.74, 6) is -1.34. The van der Waals surface area contributed by atoms with Gasteiger partial charge in [0.1, 0.15) is 0 Å². The molecule has 1 heterocycles. The van der Waals surface area contributed by atoms with Crippen LogP contribution in [0.1, 0.15) is 13.3 Å². The summed E-state index contributed by atoms with van der Waals surface area (Å²) in [5.41, 5.74) is 5.49. The smallest absolute Gasteiger partial charge is 0.332 e. The number of carbonyl (C=O) groups is 3. The van der Waals surface area contributed by atoms with Crippen LogP contribution < -0.4 is 11.1 Å². The van der Waals surface area contributed by atoms with E-state index in [1.807, 2.05) is 0 Å². The number of esters is 1. The number of nitrogens with two attached hydrogens (primary N) is 1. The first kappa shape index (κ1) is 13.4. The second kappa shape index (κ2) is 6.19. The highest BCUT2D eigenvalue weighted by atomic mass is 16.5. The molecule has 1 aliphatic heterocycles. The van der Waals surface area contributed by atoms with Crippen molar-refractivity contribution in [2.45, 2.75) is 19.4 Å². The zero-order chi connectivity index (χ0) is 12.8. The standard InChI is InChI=1S/C10H17N3O4/c1-2-17-10(16)8(11)9(15)13-5-3-7(14)12-4-6-13/h8H,2-6,11H2,1H3,(H,12,14). The van der Waals surface area contributed by atoms with Crippen molar-refractivity contribution in [2.75, 3.05) is 26.2 Å². The van der Waals surface area contributed by atoms with Gasteiger partial charge in [0, 0.05) is 26.1 Å². The van der Waals surface area contributed by atoms with Crippen LogP contribution in [0.15, 0.2) is 0 Å². The lowest BCUT2D eigenvalue weighted by Crippen LogP contribution is -2.49. The molecule has 0 spiro atoms. The minimum atomic E-state index is -1.30. The Morgan fingerprint density at radius 3 is 2.88 bits per heavy atom. The number of hydrogen-bond acceptors (Lipinski definition) is 5. The van der Waals surface area contributed by atoms with E-state index in [0.29, 0.717) is 13.1 Å². The molecule has 17 heavy (non-hydrogen) atoms. The van der Waals surface area contributed by atoms with Crippen molar-refractivity contribution in [1.82, 2.24) is 10.2 Å². The zero-order valence-electron chi connectivity index (χ0n) is 9.77. The Labute approximate surface area is 99.3 Å². The van der Waals surface area contributed by atoms with Gasteiger partial charge in [-0.05, 0) is 6.92 Å². The molecule has 0 radical (unpaired) electrons. The highest BCUT2D eigenvalue weighted by molar-refractivity contribution is 6.01. The minimum absolute atomic E-state index is 0.106. The molecule has 7 heteroatoms. The lowest BCUT2D eigenvalue weighted by molar-refractivity contribution is -0.150. The van der Waals surface area contributed by atoms with E-state index < -0.39 is 17.9 Å². The molecule has 0 aromatic heterocycles. The molecule has 0 saturated carbocycles. The van der Waals surface area contributed by atoms with Gasteiger partial charge in [-0.3, -0.25) is 9.59 Å². The number of carbonyl (C=O) groups excluding carboxylic acids is 3. The summed E-state index contributed by atoms with van der Waals surface area (Å²) in [6.45, 7) is 2.83. The van der Waals surface area contributed by atoms with Crippen molar-refractivity contribution in [3.05, 3.63) is 0 Å². The highest BCUT2D eigenvalue weighted by Crippen LogP contribution is 2.00. The molecule has 3 N–H and O–H groups in total. The summed E-state index contributed by atoms with van der Waals surface area (Å²) in [7, 11) is 0. The third-order valence-electron chi connectivity index (χ3n) is 2.43. The lowest BCUT2D eigenvalue weighted by Gasteiger charge is -2.22. The molecule has 2 amide bonds. The van der Waals surface area contributed by atoms with E-state index in [-0.39, 0.29) is 25.5 Å². The van der Waals surface area contributed by atoms with Crippen LogP contribution in [-0.2, 0) is 19.1 Å². The summed E-state index contributed by atoms with van der Waals surface area (Å²) in [6.07, 6.45) is 0.223. The summed E-state index contributed by atoms with van der Waals surface area (Å²) >= 11 is 0. The van der Waals surface area contributed by atoms with Gasteiger partial charge in [0.25, 0.3) is 5.91 Å². The Morgan fingerprint density at radius 2 is 2.24 bits per heavy atom. The topological polar surface area (TPSA) is 102 Å². The molecule has 7 nitrogen and oxygen atoms in total. The molecule has 1 rings (SSSR count). The maximum absolute atomic E-state index is 11.8. The van der Waals surface area contributed by atoms with Crippen LogP contribution in [-0.4, -0.2) is 55.0 Å². The average Bonchev–Trinajstić information content (AvgIpc) is 2.52. The van der Waals surface area contributed by atoms with Crippen LogP contribution in [0.25, 0.3) is 0 Å². The maximum Gasteiger partial charge on any atom is 0.332 e. The second-order valence-corrected chi connectivity index (χ2v) is 3.65. The molecule has 0 aromatic carbocycles. The molecule has 1 unspecified atom stereocenters. The van der Waals surface area contributed by atoms with Crippen LogP contribution in [0, 0.1) is 0 Å². The number of nitrogens with zero attached hydrogens (tertiary/aromatic N) is 1. The van der Waals surface area contributed by atoms with Crippen LogP contribution in [0.4, 0.5) is 0 Å². The van der Waals surface area contributed by atoms with Gasteiger partial charge >= 0.3 is 5.97 Å². The number of rotatable bonds is 3. The van der Waals surface area contributed by atoms with Crippen molar-refractivity contribution < 1.29 is 19.1 Å². The van der Waals surface area contributed by atoms with Gasteiger partial charge in [0.15, 0.2) is 6.04 Å². The molecule has 1 saturated heterocycles. The molecular formula is C10H17N3O4. The van der Waals surface area contributed by atoms with E-state index in [0.717, 1.165) is 0 Å². The zero-order valence-corrected chi connectivity index (χ0v) is 9.77. The number of nitrogens with one attached hydrogen (secondary N) is 1. The largest absolute Gasteiger partial charge is 0.464 e. The van der Waals surface area contributed by atoms with Gasteiger partial charge in [0.2, 0.25) is 5.91 Å².